The quantitative estimate of drug-likeness (QED) is 0.864. The summed E-state index contributed by atoms with van der Waals surface area (Å²) in [4.78, 5) is 7.66. The summed E-state index contributed by atoms with van der Waals surface area (Å²) < 4.78 is 10.6. The number of methoxy groups -OCH3 is 2. The number of aliphatic hydroxyl groups is 1. The number of nitrogens with zero attached hydrogens (tertiary/aromatic N) is 1. The van der Waals surface area contributed by atoms with Gasteiger partial charge in [0, 0.05) is 23.7 Å². The highest BCUT2D eigenvalue weighted by molar-refractivity contribution is 5.70. The fraction of sp³-hybridized carbons (Fsp3) is 0.357. The highest BCUT2D eigenvalue weighted by Crippen LogP contribution is 2.33. The lowest BCUT2D eigenvalue weighted by Gasteiger charge is -2.09. The molecular formula is C14H18N2O3. The normalized spacial score (nSPS) is 10.5. The van der Waals surface area contributed by atoms with E-state index in [2.05, 4.69) is 9.97 Å². The smallest absolute Gasteiger partial charge is 0.132 e. The van der Waals surface area contributed by atoms with Gasteiger partial charge in [0.25, 0.3) is 0 Å². The fourth-order valence-electron chi connectivity index (χ4n) is 2.00. The van der Waals surface area contributed by atoms with E-state index < -0.39 is 0 Å². The zero-order valence-electron chi connectivity index (χ0n) is 11.4. The molecule has 0 aliphatic rings. The van der Waals surface area contributed by atoms with Gasteiger partial charge in [0.2, 0.25) is 0 Å². The van der Waals surface area contributed by atoms with Crippen molar-refractivity contribution in [1.82, 2.24) is 9.97 Å². The zero-order valence-corrected chi connectivity index (χ0v) is 11.4. The third-order valence-corrected chi connectivity index (χ3v) is 2.95. The summed E-state index contributed by atoms with van der Waals surface area (Å²) in [7, 11) is 3.24. The Labute approximate surface area is 112 Å². The lowest BCUT2D eigenvalue weighted by molar-refractivity contribution is 0.297. The molecule has 1 aromatic carbocycles. The van der Waals surface area contributed by atoms with Crippen LogP contribution in [0.1, 0.15) is 11.5 Å². The standard InChI is InChI=1S/C14H18N2O3/c1-9-14(16-13(15-9)6-7-17)11-5-4-10(18-2)8-12(11)19-3/h4-5,8,17H,6-7H2,1-3H3,(H,15,16). The van der Waals surface area contributed by atoms with Gasteiger partial charge in [-0.3, -0.25) is 0 Å². The van der Waals surface area contributed by atoms with Crippen molar-refractivity contribution in [1.29, 1.82) is 0 Å². The SMILES string of the molecule is COc1ccc(-c2nc(CCO)[nH]c2C)c(OC)c1. The Hall–Kier alpha value is -2.01. The van der Waals surface area contributed by atoms with E-state index in [1.54, 1.807) is 14.2 Å². The topological polar surface area (TPSA) is 67.4 Å². The molecule has 19 heavy (non-hydrogen) atoms. The van der Waals surface area contributed by atoms with Crippen LogP contribution in [0.5, 0.6) is 11.5 Å². The molecule has 0 aliphatic carbocycles. The Morgan fingerprint density at radius 1 is 1.26 bits per heavy atom. The van der Waals surface area contributed by atoms with E-state index >= 15 is 0 Å². The first-order chi connectivity index (χ1) is 9.19. The molecule has 0 spiro atoms. The van der Waals surface area contributed by atoms with E-state index in [4.69, 9.17) is 14.6 Å². The summed E-state index contributed by atoms with van der Waals surface area (Å²) in [5.74, 6) is 2.22. The number of aromatic nitrogens is 2. The van der Waals surface area contributed by atoms with Crippen LogP contribution in [-0.4, -0.2) is 35.9 Å². The van der Waals surface area contributed by atoms with Crippen LogP contribution in [0.15, 0.2) is 18.2 Å². The van der Waals surface area contributed by atoms with Crippen LogP contribution < -0.4 is 9.47 Å². The second-order valence-electron chi connectivity index (χ2n) is 4.20. The van der Waals surface area contributed by atoms with Crippen LogP contribution in [-0.2, 0) is 6.42 Å². The molecule has 0 saturated carbocycles. The molecule has 0 atom stereocenters. The lowest BCUT2D eigenvalue weighted by Crippen LogP contribution is -1.93. The summed E-state index contributed by atoms with van der Waals surface area (Å²) in [6, 6.07) is 5.62. The summed E-state index contributed by atoms with van der Waals surface area (Å²) in [6.45, 7) is 2.03. The van der Waals surface area contributed by atoms with Crippen molar-refractivity contribution in [3.63, 3.8) is 0 Å². The molecule has 0 amide bonds. The Morgan fingerprint density at radius 3 is 2.68 bits per heavy atom. The highest BCUT2D eigenvalue weighted by Gasteiger charge is 2.14. The van der Waals surface area contributed by atoms with E-state index in [1.807, 2.05) is 25.1 Å². The molecule has 5 heteroatoms. The minimum Gasteiger partial charge on any atom is -0.497 e. The molecule has 5 nitrogen and oxygen atoms in total. The van der Waals surface area contributed by atoms with Crippen LogP contribution in [0.3, 0.4) is 0 Å². The van der Waals surface area contributed by atoms with Crippen molar-refractivity contribution in [2.75, 3.05) is 20.8 Å². The minimum atomic E-state index is 0.0755. The number of ether oxygens (including phenoxy) is 2. The lowest BCUT2D eigenvalue weighted by atomic mass is 10.1. The number of aryl methyl sites for hydroxylation is 1. The van der Waals surface area contributed by atoms with Crippen molar-refractivity contribution in [3.8, 4) is 22.8 Å². The number of hydrogen-bond acceptors (Lipinski definition) is 4. The van der Waals surface area contributed by atoms with Crippen LogP contribution in [0.25, 0.3) is 11.3 Å². The van der Waals surface area contributed by atoms with Crippen molar-refractivity contribution in [3.05, 3.63) is 29.7 Å². The Bertz CT molecular complexity index is 564. The largest absolute Gasteiger partial charge is 0.497 e. The van der Waals surface area contributed by atoms with E-state index in [0.29, 0.717) is 12.2 Å². The highest BCUT2D eigenvalue weighted by atomic mass is 16.5. The third-order valence-electron chi connectivity index (χ3n) is 2.95. The number of hydrogen-bond donors (Lipinski definition) is 2. The minimum absolute atomic E-state index is 0.0755. The van der Waals surface area contributed by atoms with Gasteiger partial charge in [0.05, 0.1) is 26.5 Å². The van der Waals surface area contributed by atoms with Crippen molar-refractivity contribution in [2.45, 2.75) is 13.3 Å². The molecule has 1 aromatic heterocycles. The molecular weight excluding hydrogens is 244 g/mol. The van der Waals surface area contributed by atoms with Crippen molar-refractivity contribution >= 4 is 0 Å². The van der Waals surface area contributed by atoms with Gasteiger partial charge in [0.1, 0.15) is 17.3 Å². The molecule has 0 saturated heterocycles. The van der Waals surface area contributed by atoms with Gasteiger partial charge in [-0.05, 0) is 19.1 Å². The summed E-state index contributed by atoms with van der Waals surface area (Å²) in [6.07, 6.45) is 0.513. The average Bonchev–Trinajstić information content (AvgIpc) is 2.79. The van der Waals surface area contributed by atoms with Gasteiger partial charge in [0.15, 0.2) is 0 Å². The monoisotopic (exact) mass is 262 g/mol. The molecule has 1 heterocycles. The average molecular weight is 262 g/mol. The molecule has 0 unspecified atom stereocenters. The first kappa shape index (κ1) is 13.4. The van der Waals surface area contributed by atoms with Crippen LogP contribution in [0.2, 0.25) is 0 Å². The van der Waals surface area contributed by atoms with Crippen molar-refractivity contribution in [2.24, 2.45) is 0 Å². The van der Waals surface area contributed by atoms with Crippen LogP contribution >= 0.6 is 0 Å². The number of H-pyrrole nitrogens is 1. The maximum Gasteiger partial charge on any atom is 0.132 e. The molecule has 0 radical (unpaired) electrons. The number of rotatable bonds is 5. The van der Waals surface area contributed by atoms with E-state index in [0.717, 1.165) is 28.5 Å². The molecule has 102 valence electrons. The predicted octanol–water partition coefficient (Wildman–Crippen LogP) is 1.94. The summed E-state index contributed by atoms with van der Waals surface area (Å²) in [5, 5.41) is 8.96. The van der Waals surface area contributed by atoms with E-state index in [-0.39, 0.29) is 6.61 Å². The molecule has 0 aliphatic heterocycles. The van der Waals surface area contributed by atoms with E-state index in [9.17, 15) is 0 Å². The number of benzene rings is 1. The van der Waals surface area contributed by atoms with Crippen molar-refractivity contribution < 1.29 is 14.6 Å². The molecule has 0 bridgehead atoms. The Morgan fingerprint density at radius 2 is 2.05 bits per heavy atom. The van der Waals surface area contributed by atoms with Gasteiger partial charge in [-0.15, -0.1) is 0 Å². The molecule has 2 aromatic rings. The van der Waals surface area contributed by atoms with E-state index in [1.165, 1.54) is 0 Å². The maximum atomic E-state index is 8.96. The first-order valence-corrected chi connectivity index (χ1v) is 6.08. The van der Waals surface area contributed by atoms with Gasteiger partial charge in [-0.1, -0.05) is 0 Å². The Kier molecular flexibility index (Phi) is 4.06. The second kappa shape index (κ2) is 5.75. The number of aliphatic hydroxyl groups excluding tert-OH is 1. The number of aromatic amines is 1. The molecule has 0 fully saturated rings. The molecule has 2 N–H and O–H groups in total. The summed E-state index contributed by atoms with van der Waals surface area (Å²) in [5.41, 5.74) is 2.69. The number of imidazole rings is 1. The fourth-order valence-corrected chi connectivity index (χ4v) is 2.00. The zero-order chi connectivity index (χ0) is 13.8. The van der Waals surface area contributed by atoms with Gasteiger partial charge in [-0.25, -0.2) is 4.98 Å². The van der Waals surface area contributed by atoms with Gasteiger partial charge < -0.3 is 19.6 Å². The maximum absolute atomic E-state index is 8.96. The third kappa shape index (κ3) is 2.71. The molecule has 2 rings (SSSR count). The predicted molar refractivity (Wildman–Crippen MR) is 72.7 cm³/mol. The van der Waals surface area contributed by atoms with Crippen LogP contribution in [0.4, 0.5) is 0 Å². The van der Waals surface area contributed by atoms with Gasteiger partial charge >= 0.3 is 0 Å². The first-order valence-electron chi connectivity index (χ1n) is 6.08. The number of nitrogens with one attached hydrogen (secondary N) is 1. The Balaban J connectivity index is 2.45. The van der Waals surface area contributed by atoms with Crippen LogP contribution in [0, 0.1) is 6.92 Å². The summed E-state index contributed by atoms with van der Waals surface area (Å²) >= 11 is 0. The second-order valence-corrected chi connectivity index (χ2v) is 4.20. The van der Waals surface area contributed by atoms with Gasteiger partial charge in [-0.2, -0.15) is 0 Å².